The summed E-state index contributed by atoms with van der Waals surface area (Å²) in [5.74, 6) is 0.952. The number of hydrogen-bond acceptors (Lipinski definition) is 5. The van der Waals surface area contributed by atoms with E-state index in [1.165, 1.54) is 22.5 Å². The van der Waals surface area contributed by atoms with Crippen LogP contribution in [0.4, 0.5) is 0 Å². The van der Waals surface area contributed by atoms with E-state index in [0.29, 0.717) is 6.04 Å². The summed E-state index contributed by atoms with van der Waals surface area (Å²) in [6.45, 7) is 3.80. The highest BCUT2D eigenvalue weighted by Crippen LogP contribution is 2.35. The van der Waals surface area contributed by atoms with E-state index >= 15 is 0 Å². The summed E-state index contributed by atoms with van der Waals surface area (Å²) >= 11 is 7.33. The van der Waals surface area contributed by atoms with Crippen LogP contribution in [-0.2, 0) is 13.7 Å². The van der Waals surface area contributed by atoms with Crippen LogP contribution in [0.15, 0.2) is 24.3 Å². The maximum absolute atomic E-state index is 5.51. The van der Waals surface area contributed by atoms with Crippen molar-refractivity contribution >= 4 is 33.8 Å². The minimum atomic E-state index is 0.361. The van der Waals surface area contributed by atoms with Crippen LogP contribution in [0.3, 0.4) is 0 Å². The van der Waals surface area contributed by atoms with Crippen molar-refractivity contribution in [3.8, 4) is 0 Å². The number of hydrogen-bond donors (Lipinski definition) is 0. The fourth-order valence-electron chi connectivity index (χ4n) is 3.33. The Hall–Kier alpha value is -1.57. The third-order valence-electron chi connectivity index (χ3n) is 4.78. The Labute approximate surface area is 150 Å². The third-order valence-corrected chi connectivity index (χ3v) is 6.41. The van der Waals surface area contributed by atoms with E-state index < -0.39 is 0 Å². The molecule has 1 fully saturated rings. The number of piperidine rings is 1. The molecular formula is C17H21N5S2. The largest absolute Gasteiger partial charge is 0.307 e. The van der Waals surface area contributed by atoms with E-state index in [9.17, 15) is 0 Å². The lowest BCUT2D eigenvalue weighted by molar-refractivity contribution is 0.103. The van der Waals surface area contributed by atoms with Crippen LogP contribution in [0.5, 0.6) is 0 Å². The van der Waals surface area contributed by atoms with Gasteiger partial charge in [-0.25, -0.2) is 9.67 Å². The molecule has 24 heavy (non-hydrogen) atoms. The molecule has 0 saturated carbocycles. The van der Waals surface area contributed by atoms with Gasteiger partial charge < -0.3 is 4.57 Å². The molecule has 1 aromatic carbocycles. The van der Waals surface area contributed by atoms with E-state index in [-0.39, 0.29) is 0 Å². The monoisotopic (exact) mass is 359 g/mol. The van der Waals surface area contributed by atoms with Gasteiger partial charge in [-0.1, -0.05) is 18.6 Å². The van der Waals surface area contributed by atoms with Crippen molar-refractivity contribution < 1.29 is 0 Å². The highest BCUT2D eigenvalue weighted by atomic mass is 32.1. The average molecular weight is 360 g/mol. The fourth-order valence-corrected chi connectivity index (χ4v) is 4.70. The van der Waals surface area contributed by atoms with Gasteiger partial charge >= 0.3 is 0 Å². The molecule has 3 heterocycles. The fraction of sp³-hybridized carbons (Fsp3) is 0.471. The molecule has 126 valence electrons. The van der Waals surface area contributed by atoms with E-state index in [0.717, 1.165) is 35.7 Å². The van der Waals surface area contributed by atoms with Crippen LogP contribution >= 0.6 is 23.6 Å². The Kier molecular flexibility index (Phi) is 4.24. The van der Waals surface area contributed by atoms with E-state index in [1.54, 1.807) is 0 Å². The summed E-state index contributed by atoms with van der Waals surface area (Å²) in [4.78, 5) is 7.37. The van der Waals surface area contributed by atoms with Gasteiger partial charge in [-0.15, -0.1) is 11.3 Å². The van der Waals surface area contributed by atoms with Crippen molar-refractivity contribution in [1.82, 2.24) is 24.2 Å². The minimum Gasteiger partial charge on any atom is -0.307 e. The normalized spacial score (nSPS) is 19.2. The van der Waals surface area contributed by atoms with Crippen molar-refractivity contribution in [3.63, 3.8) is 0 Å². The lowest BCUT2D eigenvalue weighted by atomic mass is 10.0. The standard InChI is InChI=1S/C17H21N5S2/c1-12-19-22(17(23)20(12)2)11-21-10-6-5-8-14(21)16-18-13-7-3-4-9-15(13)24-16/h3-4,7,9,14H,5-6,8,10-11H2,1-2H3. The molecule has 0 amide bonds. The van der Waals surface area contributed by atoms with Crippen molar-refractivity contribution in [2.45, 2.75) is 38.9 Å². The summed E-state index contributed by atoms with van der Waals surface area (Å²) in [5, 5.41) is 5.81. The number of benzene rings is 1. The van der Waals surface area contributed by atoms with E-state index in [2.05, 4.69) is 34.3 Å². The average Bonchev–Trinajstić information content (AvgIpc) is 3.13. The second-order valence-corrected chi connectivity index (χ2v) is 7.80. The number of aryl methyl sites for hydroxylation is 1. The zero-order chi connectivity index (χ0) is 16.7. The molecule has 7 heteroatoms. The third kappa shape index (κ3) is 2.81. The summed E-state index contributed by atoms with van der Waals surface area (Å²) in [6, 6.07) is 8.75. The van der Waals surface area contributed by atoms with Gasteiger partial charge in [0.05, 0.1) is 22.9 Å². The van der Waals surface area contributed by atoms with Crippen molar-refractivity contribution in [3.05, 3.63) is 39.9 Å². The molecule has 0 spiro atoms. The summed E-state index contributed by atoms with van der Waals surface area (Å²) in [5.41, 5.74) is 1.10. The van der Waals surface area contributed by atoms with E-state index in [1.807, 2.05) is 34.6 Å². The van der Waals surface area contributed by atoms with Crippen molar-refractivity contribution in [2.24, 2.45) is 7.05 Å². The summed E-state index contributed by atoms with van der Waals surface area (Å²) in [6.07, 6.45) is 3.63. The zero-order valence-corrected chi connectivity index (χ0v) is 15.6. The van der Waals surface area contributed by atoms with Crippen LogP contribution in [0.2, 0.25) is 0 Å². The number of likely N-dealkylation sites (tertiary alicyclic amines) is 1. The van der Waals surface area contributed by atoms with Crippen LogP contribution < -0.4 is 0 Å². The van der Waals surface area contributed by atoms with Crippen molar-refractivity contribution in [2.75, 3.05) is 6.54 Å². The molecule has 2 aromatic heterocycles. The molecule has 4 rings (SSSR count). The lowest BCUT2D eigenvalue weighted by Crippen LogP contribution is -2.35. The van der Waals surface area contributed by atoms with Crippen LogP contribution in [0.25, 0.3) is 10.2 Å². The molecule has 5 nitrogen and oxygen atoms in total. The molecule has 0 aliphatic carbocycles. The van der Waals surface area contributed by atoms with E-state index in [4.69, 9.17) is 17.2 Å². The van der Waals surface area contributed by atoms with Gasteiger partial charge in [0.15, 0.2) is 4.77 Å². The number of rotatable bonds is 3. The molecule has 1 unspecified atom stereocenters. The molecule has 0 radical (unpaired) electrons. The smallest absolute Gasteiger partial charge is 0.198 e. The molecule has 3 aromatic rings. The van der Waals surface area contributed by atoms with Gasteiger partial charge in [0.2, 0.25) is 0 Å². The minimum absolute atomic E-state index is 0.361. The number of aromatic nitrogens is 4. The lowest BCUT2D eigenvalue weighted by Gasteiger charge is -2.34. The Morgan fingerprint density at radius 1 is 1.29 bits per heavy atom. The molecule has 0 N–H and O–H groups in total. The number of nitrogens with zero attached hydrogens (tertiary/aromatic N) is 5. The summed E-state index contributed by atoms with van der Waals surface area (Å²) in [7, 11) is 1.97. The molecule has 1 aliphatic heterocycles. The van der Waals surface area contributed by atoms with Crippen LogP contribution in [-0.4, -0.2) is 30.8 Å². The first kappa shape index (κ1) is 15.9. The topological polar surface area (TPSA) is 38.9 Å². The number of fused-ring (bicyclic) bond motifs is 1. The Morgan fingerprint density at radius 3 is 2.88 bits per heavy atom. The first-order valence-corrected chi connectivity index (χ1v) is 9.56. The molecular weight excluding hydrogens is 338 g/mol. The highest BCUT2D eigenvalue weighted by Gasteiger charge is 2.27. The summed E-state index contributed by atoms with van der Waals surface area (Å²) < 4.78 is 5.95. The molecule has 0 bridgehead atoms. The van der Waals surface area contributed by atoms with Gasteiger partial charge in [0.1, 0.15) is 10.8 Å². The molecule has 1 saturated heterocycles. The SMILES string of the molecule is Cc1nn(CN2CCCCC2c2nc3ccccc3s2)c(=S)n1C. The predicted octanol–water partition coefficient (Wildman–Crippen LogP) is 4.05. The van der Waals surface area contributed by atoms with Crippen LogP contribution in [0, 0.1) is 11.7 Å². The maximum Gasteiger partial charge on any atom is 0.198 e. The number of thiazole rings is 1. The second kappa shape index (κ2) is 6.38. The predicted molar refractivity (Wildman–Crippen MR) is 99.7 cm³/mol. The Bertz CT molecular complexity index is 890. The zero-order valence-electron chi connectivity index (χ0n) is 14.0. The van der Waals surface area contributed by atoms with Gasteiger partial charge in [0, 0.05) is 13.6 Å². The quantitative estimate of drug-likeness (QED) is 0.661. The van der Waals surface area contributed by atoms with Gasteiger partial charge in [-0.05, 0) is 44.1 Å². The Balaban J connectivity index is 1.65. The van der Waals surface area contributed by atoms with Gasteiger partial charge in [-0.2, -0.15) is 5.10 Å². The van der Waals surface area contributed by atoms with Gasteiger partial charge in [-0.3, -0.25) is 4.90 Å². The first-order chi connectivity index (χ1) is 11.6. The van der Waals surface area contributed by atoms with Crippen molar-refractivity contribution in [1.29, 1.82) is 0 Å². The Morgan fingerprint density at radius 2 is 2.12 bits per heavy atom. The maximum atomic E-state index is 5.51. The number of para-hydroxylation sites is 1. The molecule has 1 aliphatic rings. The van der Waals surface area contributed by atoms with Gasteiger partial charge in [0.25, 0.3) is 0 Å². The second-order valence-electron chi connectivity index (χ2n) is 6.37. The van der Waals surface area contributed by atoms with Crippen LogP contribution in [0.1, 0.15) is 36.1 Å². The highest BCUT2D eigenvalue weighted by molar-refractivity contribution is 7.71. The molecule has 1 atom stereocenters. The first-order valence-electron chi connectivity index (χ1n) is 8.33.